The summed E-state index contributed by atoms with van der Waals surface area (Å²) < 4.78 is 31.3. The fourth-order valence-electron chi connectivity index (χ4n) is 4.66. The fourth-order valence-corrected chi connectivity index (χ4v) is 6.49. The highest BCUT2D eigenvalue weighted by molar-refractivity contribution is 7.44. The summed E-state index contributed by atoms with van der Waals surface area (Å²) in [6.45, 7) is 18.0. The molecule has 2 aromatic heterocycles. The maximum Gasteiger partial charge on any atom is 0.259 e. The SMILES string of the molecule is [2H]C[C@H]1O[C@@H](n2cnc3c(NC(=O)c4ccccc4)ncnc32)C(C)C1OP(OCC[N+]#[C-])N(C(C)C)C(C)C. The van der Waals surface area contributed by atoms with Crippen LogP contribution in [-0.4, -0.2) is 67.5 Å². The lowest BCUT2D eigenvalue weighted by Gasteiger charge is -2.37. The van der Waals surface area contributed by atoms with Gasteiger partial charge in [-0.3, -0.25) is 9.36 Å². The number of anilines is 1. The maximum atomic E-state index is 12.7. The molecule has 1 N–H and O–H groups in total. The molecule has 12 heteroatoms. The van der Waals surface area contributed by atoms with Crippen LogP contribution in [0.5, 0.6) is 0 Å². The Labute approximate surface area is 232 Å². The number of amides is 1. The van der Waals surface area contributed by atoms with E-state index in [2.05, 4.69) is 57.5 Å². The van der Waals surface area contributed by atoms with Gasteiger partial charge >= 0.3 is 0 Å². The molecule has 1 aliphatic heterocycles. The number of hydrogen-bond donors (Lipinski definition) is 1. The Hall–Kier alpha value is -3.00. The Bertz CT molecular complexity index is 1310. The molecule has 1 fully saturated rings. The molecule has 0 spiro atoms. The van der Waals surface area contributed by atoms with Crippen LogP contribution >= 0.6 is 8.53 Å². The van der Waals surface area contributed by atoms with E-state index in [0.29, 0.717) is 22.5 Å². The van der Waals surface area contributed by atoms with E-state index < -0.39 is 27.0 Å². The summed E-state index contributed by atoms with van der Waals surface area (Å²) in [4.78, 5) is 29.3. The molecule has 39 heavy (non-hydrogen) atoms. The number of hydrogen-bond acceptors (Lipinski definition) is 8. The number of fused-ring (bicyclic) bond motifs is 1. The molecule has 1 saturated heterocycles. The molecule has 3 unspecified atom stereocenters. The number of carbonyl (C=O) groups is 1. The Kier molecular flexibility index (Phi) is 9.12. The molecule has 11 nitrogen and oxygen atoms in total. The first kappa shape index (κ1) is 27.6. The van der Waals surface area contributed by atoms with Crippen molar-refractivity contribution < 1.29 is 19.9 Å². The highest BCUT2D eigenvalue weighted by Crippen LogP contribution is 2.51. The third-order valence-electron chi connectivity index (χ3n) is 6.41. The molecule has 1 aliphatic rings. The van der Waals surface area contributed by atoms with Crippen LogP contribution < -0.4 is 5.32 Å². The zero-order chi connectivity index (χ0) is 28.8. The molecule has 0 bridgehead atoms. The van der Waals surface area contributed by atoms with Gasteiger partial charge in [-0.15, -0.1) is 0 Å². The van der Waals surface area contributed by atoms with Gasteiger partial charge in [0.1, 0.15) is 19.2 Å². The van der Waals surface area contributed by atoms with Gasteiger partial charge in [0.05, 0.1) is 18.5 Å². The summed E-state index contributed by atoms with van der Waals surface area (Å²) in [6.07, 6.45) is 1.55. The Balaban J connectivity index is 1.59. The number of rotatable bonds is 11. The van der Waals surface area contributed by atoms with Crippen LogP contribution in [0.15, 0.2) is 43.0 Å². The minimum absolute atomic E-state index is 0.0000866. The Morgan fingerprint density at radius 1 is 1.26 bits per heavy atom. The van der Waals surface area contributed by atoms with Gasteiger partial charge in [-0.05, 0) is 46.7 Å². The van der Waals surface area contributed by atoms with Gasteiger partial charge in [-0.1, -0.05) is 25.1 Å². The first-order valence-electron chi connectivity index (χ1n) is 13.7. The average Bonchev–Trinajstić information content (AvgIpc) is 3.50. The second-order valence-electron chi connectivity index (χ2n) is 9.88. The van der Waals surface area contributed by atoms with Crippen LogP contribution in [0.3, 0.4) is 0 Å². The van der Waals surface area contributed by atoms with Crippen molar-refractivity contribution in [3.05, 3.63) is 60.0 Å². The van der Waals surface area contributed by atoms with Crippen molar-refractivity contribution in [2.45, 2.75) is 72.0 Å². The topological polar surface area (TPSA) is 108 Å². The molecule has 1 aromatic carbocycles. The standard InChI is InChI=1S/C27H36N7O4P/c1-17(2)34(18(3)4)39(36-14-13-28-7)38-23-19(5)27(37-20(23)6)33-16-31-22-24(29-15-30-25(22)33)32-26(35)21-11-9-8-10-12-21/h8-12,15-20,23,27H,13-14H2,1-6H3,(H,29,30,32,35)/t19?,20-,23?,27-,39?/m1/s1/i6D. The molecule has 0 aliphatic carbocycles. The average molecular weight is 555 g/mol. The van der Waals surface area contributed by atoms with E-state index in [1.165, 1.54) is 6.33 Å². The Morgan fingerprint density at radius 3 is 2.67 bits per heavy atom. The molecule has 0 saturated carbocycles. The lowest BCUT2D eigenvalue weighted by Crippen LogP contribution is -2.36. The third kappa shape index (κ3) is 6.43. The van der Waals surface area contributed by atoms with Crippen LogP contribution in [-0.2, 0) is 13.8 Å². The molecule has 3 aromatic rings. The summed E-state index contributed by atoms with van der Waals surface area (Å²) in [5, 5.41) is 2.83. The predicted molar refractivity (Wildman–Crippen MR) is 150 cm³/mol. The van der Waals surface area contributed by atoms with Crippen LogP contribution in [0.1, 0.15) is 59.5 Å². The fraction of sp³-hybridized carbons (Fsp3) is 0.519. The molecule has 4 rings (SSSR count). The van der Waals surface area contributed by atoms with E-state index in [-0.39, 0.29) is 44.0 Å². The number of nitrogens with zero attached hydrogens (tertiary/aromatic N) is 6. The van der Waals surface area contributed by atoms with Gasteiger partial charge in [0.25, 0.3) is 14.4 Å². The lowest BCUT2D eigenvalue weighted by atomic mass is 10.0. The summed E-state index contributed by atoms with van der Waals surface area (Å²) >= 11 is 0. The van der Waals surface area contributed by atoms with Gasteiger partial charge in [-0.2, -0.15) is 0 Å². The molecular formula is C27H36N7O4P. The zero-order valence-electron chi connectivity index (χ0n) is 23.9. The first-order valence-corrected chi connectivity index (χ1v) is 14.1. The monoisotopic (exact) mass is 554 g/mol. The van der Waals surface area contributed by atoms with Crippen LogP contribution in [0.25, 0.3) is 16.0 Å². The van der Waals surface area contributed by atoms with Crippen molar-refractivity contribution in [3.8, 4) is 0 Å². The number of benzene rings is 1. The van der Waals surface area contributed by atoms with E-state index in [9.17, 15) is 4.79 Å². The van der Waals surface area contributed by atoms with E-state index in [1.807, 2.05) is 13.0 Å². The molecule has 5 atom stereocenters. The lowest BCUT2D eigenvalue weighted by molar-refractivity contribution is -0.00899. The van der Waals surface area contributed by atoms with Crippen molar-refractivity contribution in [1.29, 1.82) is 0 Å². The van der Waals surface area contributed by atoms with Gasteiger partial charge in [-0.25, -0.2) is 26.2 Å². The van der Waals surface area contributed by atoms with Crippen molar-refractivity contribution >= 4 is 31.4 Å². The van der Waals surface area contributed by atoms with Crippen molar-refractivity contribution in [2.24, 2.45) is 5.92 Å². The quantitative estimate of drug-likeness (QED) is 0.193. The van der Waals surface area contributed by atoms with E-state index in [0.717, 1.165) is 0 Å². The highest BCUT2D eigenvalue weighted by Gasteiger charge is 2.45. The van der Waals surface area contributed by atoms with Gasteiger partial charge < -0.3 is 23.9 Å². The second kappa shape index (κ2) is 12.9. The summed E-state index contributed by atoms with van der Waals surface area (Å²) in [7, 11) is -1.50. The maximum absolute atomic E-state index is 12.7. The van der Waals surface area contributed by atoms with E-state index in [4.69, 9.17) is 21.7 Å². The normalized spacial score (nSPS) is 22.4. The number of ether oxygens (including phenoxy) is 1. The molecule has 3 heterocycles. The van der Waals surface area contributed by atoms with Crippen molar-refractivity contribution in [2.75, 3.05) is 18.5 Å². The predicted octanol–water partition coefficient (Wildman–Crippen LogP) is 5.30. The van der Waals surface area contributed by atoms with Gasteiger partial charge in [0.2, 0.25) is 6.54 Å². The number of imidazole rings is 1. The van der Waals surface area contributed by atoms with Crippen molar-refractivity contribution in [3.63, 3.8) is 0 Å². The minimum Gasteiger partial charge on any atom is -0.352 e. The van der Waals surface area contributed by atoms with Crippen LogP contribution in [0.2, 0.25) is 0 Å². The summed E-state index contributed by atoms with van der Waals surface area (Å²) in [5.74, 6) is -0.176. The minimum atomic E-state index is -1.50. The van der Waals surface area contributed by atoms with E-state index >= 15 is 0 Å². The Morgan fingerprint density at radius 2 is 2.00 bits per heavy atom. The molecule has 0 radical (unpaired) electrons. The van der Waals surface area contributed by atoms with Gasteiger partial charge in [0, 0.05) is 24.9 Å². The van der Waals surface area contributed by atoms with Crippen molar-refractivity contribution in [1.82, 2.24) is 24.2 Å². The van der Waals surface area contributed by atoms with E-state index in [1.54, 1.807) is 35.2 Å². The number of nitrogens with one attached hydrogen (secondary N) is 1. The highest BCUT2D eigenvalue weighted by atomic mass is 31.2. The molecule has 208 valence electrons. The number of carbonyl (C=O) groups excluding carboxylic acids is 1. The summed E-state index contributed by atoms with van der Waals surface area (Å²) in [5.41, 5.74) is 1.44. The van der Waals surface area contributed by atoms with Gasteiger partial charge in [0.15, 0.2) is 17.0 Å². The molecule has 1 amide bonds. The van der Waals surface area contributed by atoms with Crippen LogP contribution in [0.4, 0.5) is 5.82 Å². The second-order valence-corrected chi connectivity index (χ2v) is 11.3. The van der Waals surface area contributed by atoms with Crippen LogP contribution in [0, 0.1) is 12.5 Å². The summed E-state index contributed by atoms with van der Waals surface area (Å²) in [6, 6.07) is 9.19. The third-order valence-corrected chi connectivity index (χ3v) is 8.54. The number of aromatic nitrogens is 4. The smallest absolute Gasteiger partial charge is 0.259 e. The zero-order valence-corrected chi connectivity index (χ0v) is 23.8. The molecular weight excluding hydrogens is 517 g/mol. The first-order chi connectivity index (χ1) is 19.3. The largest absolute Gasteiger partial charge is 0.352 e.